The minimum absolute atomic E-state index is 0.211. The summed E-state index contributed by atoms with van der Waals surface area (Å²) < 4.78 is 28.0. The average molecular weight is 429 g/mol. The van der Waals surface area contributed by atoms with Crippen molar-refractivity contribution in [1.82, 2.24) is 4.31 Å². The maximum atomic E-state index is 12.7. The Morgan fingerprint density at radius 2 is 1.95 bits per heavy atom. The fourth-order valence-electron chi connectivity index (χ4n) is 1.76. The van der Waals surface area contributed by atoms with Crippen LogP contribution in [0.15, 0.2) is 39.7 Å². The van der Waals surface area contributed by atoms with E-state index in [1.165, 1.54) is 27.8 Å². The molecule has 0 aliphatic heterocycles. The Hall–Kier alpha value is -0.110. The van der Waals surface area contributed by atoms with Gasteiger partial charge in [0.05, 0.1) is 14.3 Å². The van der Waals surface area contributed by atoms with Crippen LogP contribution in [-0.2, 0) is 16.6 Å². The summed E-state index contributed by atoms with van der Waals surface area (Å²) in [6.45, 7) is 2.48. The topological polar surface area (TPSA) is 37.4 Å². The van der Waals surface area contributed by atoms with Crippen molar-refractivity contribution in [2.75, 3.05) is 6.54 Å². The van der Waals surface area contributed by atoms with Crippen LogP contribution in [0.2, 0.25) is 9.36 Å². The highest BCUT2D eigenvalue weighted by molar-refractivity contribution is 9.10. The summed E-state index contributed by atoms with van der Waals surface area (Å²) in [6.07, 6.45) is 0. The highest BCUT2D eigenvalue weighted by atomic mass is 79.9. The SMILES string of the molecule is CCN(Cc1ccc(Cl)s1)S(=O)(=O)c1ccc(Cl)c(Br)c1. The number of sulfonamides is 1. The summed E-state index contributed by atoms with van der Waals surface area (Å²) in [7, 11) is -3.57. The molecule has 0 bridgehead atoms. The molecule has 114 valence electrons. The zero-order valence-electron chi connectivity index (χ0n) is 11.0. The third kappa shape index (κ3) is 4.00. The van der Waals surface area contributed by atoms with Crippen molar-refractivity contribution >= 4 is 60.5 Å². The van der Waals surface area contributed by atoms with Gasteiger partial charge in [0.1, 0.15) is 0 Å². The van der Waals surface area contributed by atoms with Crippen molar-refractivity contribution in [2.45, 2.75) is 18.4 Å². The smallest absolute Gasteiger partial charge is 0.207 e. The fraction of sp³-hybridized carbons (Fsp3) is 0.231. The lowest BCUT2D eigenvalue weighted by Crippen LogP contribution is -2.30. The summed E-state index contributed by atoms with van der Waals surface area (Å²) in [5, 5.41) is 0.474. The van der Waals surface area contributed by atoms with E-state index in [1.807, 2.05) is 6.07 Å². The standard InChI is InChI=1S/C13H12BrCl2NO2S2/c1-2-17(8-9-3-6-13(16)20-9)21(18,19)10-4-5-12(15)11(14)7-10/h3-7H,2,8H2,1H3. The lowest BCUT2D eigenvalue weighted by molar-refractivity contribution is 0.426. The fourth-order valence-corrected chi connectivity index (χ4v) is 5.05. The molecule has 2 rings (SSSR count). The van der Waals surface area contributed by atoms with Crippen LogP contribution >= 0.6 is 50.5 Å². The molecule has 0 unspecified atom stereocenters. The van der Waals surface area contributed by atoms with Crippen molar-refractivity contribution in [3.8, 4) is 0 Å². The van der Waals surface area contributed by atoms with E-state index in [-0.39, 0.29) is 4.90 Å². The average Bonchev–Trinajstić information content (AvgIpc) is 2.84. The molecule has 21 heavy (non-hydrogen) atoms. The third-order valence-corrected chi connectivity index (χ3v) is 7.19. The number of hydrogen-bond donors (Lipinski definition) is 0. The van der Waals surface area contributed by atoms with E-state index in [4.69, 9.17) is 23.2 Å². The van der Waals surface area contributed by atoms with Crippen LogP contribution in [-0.4, -0.2) is 19.3 Å². The predicted octanol–water partition coefficient (Wildman–Crippen LogP) is 5.03. The van der Waals surface area contributed by atoms with Gasteiger partial charge in [-0.1, -0.05) is 30.1 Å². The molecule has 8 heteroatoms. The second kappa shape index (κ2) is 6.98. The van der Waals surface area contributed by atoms with Gasteiger partial charge >= 0.3 is 0 Å². The first-order valence-electron chi connectivity index (χ1n) is 6.04. The molecule has 0 atom stereocenters. The summed E-state index contributed by atoms with van der Waals surface area (Å²) >= 11 is 16.4. The number of rotatable bonds is 5. The number of hydrogen-bond acceptors (Lipinski definition) is 3. The van der Waals surface area contributed by atoms with Crippen LogP contribution in [0.25, 0.3) is 0 Å². The minimum atomic E-state index is -3.57. The van der Waals surface area contributed by atoms with Crippen LogP contribution < -0.4 is 0 Å². The second-order valence-corrected chi connectivity index (χ2v) is 9.21. The van der Waals surface area contributed by atoms with Gasteiger partial charge in [-0.15, -0.1) is 11.3 Å². The Bertz CT molecular complexity index is 746. The van der Waals surface area contributed by atoms with Crippen molar-refractivity contribution in [3.05, 3.63) is 49.0 Å². The molecule has 0 radical (unpaired) electrons. The van der Waals surface area contributed by atoms with Gasteiger partial charge in [0.15, 0.2) is 0 Å². The number of halogens is 3. The molecule has 0 aliphatic carbocycles. The molecule has 0 saturated carbocycles. The monoisotopic (exact) mass is 427 g/mol. The molecule has 0 amide bonds. The van der Waals surface area contributed by atoms with Crippen LogP contribution in [0, 0.1) is 0 Å². The van der Waals surface area contributed by atoms with Crippen LogP contribution in [0.5, 0.6) is 0 Å². The highest BCUT2D eigenvalue weighted by Crippen LogP contribution is 2.29. The van der Waals surface area contributed by atoms with E-state index in [0.717, 1.165) is 4.88 Å². The molecule has 1 heterocycles. The second-order valence-electron chi connectivity index (χ2n) is 4.21. The molecule has 1 aromatic carbocycles. The van der Waals surface area contributed by atoms with Gasteiger partial charge in [0.25, 0.3) is 0 Å². The van der Waals surface area contributed by atoms with Gasteiger partial charge < -0.3 is 0 Å². The molecule has 2 aromatic rings. The number of thiophene rings is 1. The van der Waals surface area contributed by atoms with Gasteiger partial charge in [-0.2, -0.15) is 4.31 Å². The number of nitrogens with zero attached hydrogens (tertiary/aromatic N) is 1. The lowest BCUT2D eigenvalue weighted by atomic mass is 10.4. The minimum Gasteiger partial charge on any atom is -0.207 e. The Labute approximate surface area is 146 Å². The molecule has 0 aliphatic rings. The molecule has 0 saturated heterocycles. The maximum Gasteiger partial charge on any atom is 0.243 e. The summed E-state index contributed by atoms with van der Waals surface area (Å²) in [4.78, 5) is 1.11. The first-order chi connectivity index (χ1) is 9.84. The van der Waals surface area contributed by atoms with Crippen LogP contribution in [0.1, 0.15) is 11.8 Å². The van der Waals surface area contributed by atoms with E-state index in [0.29, 0.717) is 26.9 Å². The Kier molecular flexibility index (Phi) is 5.73. The van der Waals surface area contributed by atoms with Crippen LogP contribution in [0.3, 0.4) is 0 Å². The summed E-state index contributed by atoms with van der Waals surface area (Å²) in [5.41, 5.74) is 0. The lowest BCUT2D eigenvalue weighted by Gasteiger charge is -2.20. The van der Waals surface area contributed by atoms with Crippen molar-refractivity contribution < 1.29 is 8.42 Å². The first-order valence-corrected chi connectivity index (χ1v) is 9.84. The number of benzene rings is 1. The quantitative estimate of drug-likeness (QED) is 0.669. The Balaban J connectivity index is 2.32. The summed E-state index contributed by atoms with van der Waals surface area (Å²) in [5.74, 6) is 0. The van der Waals surface area contributed by atoms with E-state index < -0.39 is 10.0 Å². The molecule has 0 spiro atoms. The first kappa shape index (κ1) is 17.2. The molecular weight excluding hydrogens is 417 g/mol. The normalized spacial score (nSPS) is 12.0. The van der Waals surface area contributed by atoms with Crippen molar-refractivity contribution in [2.24, 2.45) is 0 Å². The van der Waals surface area contributed by atoms with E-state index in [9.17, 15) is 8.42 Å². The molecule has 0 fully saturated rings. The predicted molar refractivity (Wildman–Crippen MR) is 91.8 cm³/mol. The van der Waals surface area contributed by atoms with Gasteiger partial charge in [0.2, 0.25) is 10.0 Å². The van der Waals surface area contributed by atoms with Gasteiger partial charge in [-0.3, -0.25) is 0 Å². The van der Waals surface area contributed by atoms with E-state index in [2.05, 4.69) is 15.9 Å². The highest BCUT2D eigenvalue weighted by Gasteiger charge is 2.24. The van der Waals surface area contributed by atoms with Gasteiger partial charge in [-0.25, -0.2) is 8.42 Å². The molecule has 1 aromatic heterocycles. The van der Waals surface area contributed by atoms with Crippen molar-refractivity contribution in [1.29, 1.82) is 0 Å². The Morgan fingerprint density at radius 1 is 1.24 bits per heavy atom. The third-order valence-electron chi connectivity index (χ3n) is 2.84. The van der Waals surface area contributed by atoms with Gasteiger partial charge in [-0.05, 0) is 46.3 Å². The van der Waals surface area contributed by atoms with E-state index in [1.54, 1.807) is 19.1 Å². The summed E-state index contributed by atoms with van der Waals surface area (Å²) in [6, 6.07) is 8.19. The zero-order valence-corrected chi connectivity index (χ0v) is 15.7. The van der Waals surface area contributed by atoms with E-state index >= 15 is 0 Å². The molecule has 0 N–H and O–H groups in total. The Morgan fingerprint density at radius 3 is 2.48 bits per heavy atom. The van der Waals surface area contributed by atoms with Crippen LogP contribution in [0.4, 0.5) is 0 Å². The van der Waals surface area contributed by atoms with Crippen molar-refractivity contribution in [3.63, 3.8) is 0 Å². The molecular formula is C13H12BrCl2NO2S2. The largest absolute Gasteiger partial charge is 0.243 e. The maximum absolute atomic E-state index is 12.7. The molecule has 3 nitrogen and oxygen atoms in total. The van der Waals surface area contributed by atoms with Gasteiger partial charge in [0, 0.05) is 22.4 Å². The zero-order chi connectivity index (χ0) is 15.6.